The van der Waals surface area contributed by atoms with Gasteiger partial charge in [0.15, 0.2) is 11.6 Å². The molecule has 33 heavy (non-hydrogen) atoms. The van der Waals surface area contributed by atoms with Gasteiger partial charge in [-0.15, -0.1) is 11.8 Å². The summed E-state index contributed by atoms with van der Waals surface area (Å²) in [6.07, 6.45) is 6.13. The van der Waals surface area contributed by atoms with E-state index in [-0.39, 0.29) is 18.3 Å². The highest BCUT2D eigenvalue weighted by Crippen LogP contribution is 2.28. The number of benzene rings is 1. The Kier molecular flexibility index (Phi) is 6.55. The number of halogens is 1. The van der Waals surface area contributed by atoms with Crippen LogP contribution in [0.1, 0.15) is 38.4 Å². The minimum Gasteiger partial charge on any atom is -0.381 e. The topological polar surface area (TPSA) is 93.8 Å². The van der Waals surface area contributed by atoms with E-state index in [9.17, 15) is 9.18 Å². The lowest BCUT2D eigenvalue weighted by Gasteiger charge is -2.11. The minimum absolute atomic E-state index is 0.148. The Labute approximate surface area is 195 Å². The SMILES string of the molecule is CSc1cc(Cc2cc(C(=O)NCc3cc(F)c(N)nc3C)ccn2)cc2cc(C)cnc12. The van der Waals surface area contributed by atoms with Crippen molar-refractivity contribution in [2.75, 3.05) is 12.0 Å². The first-order chi connectivity index (χ1) is 15.8. The number of thioether (sulfide) groups is 1. The first-order valence-electron chi connectivity index (χ1n) is 10.4. The first kappa shape index (κ1) is 22.7. The summed E-state index contributed by atoms with van der Waals surface area (Å²) in [7, 11) is 0. The van der Waals surface area contributed by atoms with Crippen molar-refractivity contribution < 1.29 is 9.18 Å². The molecular formula is C25H24FN5OS. The maximum absolute atomic E-state index is 13.7. The molecule has 0 spiro atoms. The van der Waals surface area contributed by atoms with Gasteiger partial charge >= 0.3 is 0 Å². The van der Waals surface area contributed by atoms with Crippen LogP contribution in [0.25, 0.3) is 10.9 Å². The number of carbonyl (C=O) groups is 1. The first-order valence-corrected chi connectivity index (χ1v) is 11.6. The highest BCUT2D eigenvalue weighted by atomic mass is 32.2. The lowest BCUT2D eigenvalue weighted by molar-refractivity contribution is 0.0950. The fourth-order valence-corrected chi connectivity index (χ4v) is 4.30. The number of aromatic nitrogens is 3. The molecule has 0 saturated carbocycles. The van der Waals surface area contributed by atoms with Gasteiger partial charge in [-0.05, 0) is 73.2 Å². The monoisotopic (exact) mass is 461 g/mol. The molecule has 3 aromatic heterocycles. The van der Waals surface area contributed by atoms with Crippen LogP contribution in [0.2, 0.25) is 0 Å². The summed E-state index contributed by atoms with van der Waals surface area (Å²) in [6, 6.07) is 11.1. The number of hydrogen-bond donors (Lipinski definition) is 2. The second-order valence-corrected chi connectivity index (χ2v) is 8.73. The van der Waals surface area contributed by atoms with E-state index >= 15 is 0 Å². The molecule has 0 bridgehead atoms. The van der Waals surface area contributed by atoms with Crippen molar-refractivity contribution in [1.82, 2.24) is 20.3 Å². The Bertz CT molecular complexity index is 1360. The van der Waals surface area contributed by atoms with Crippen LogP contribution in [0.3, 0.4) is 0 Å². The van der Waals surface area contributed by atoms with E-state index in [0.717, 1.165) is 32.6 Å². The van der Waals surface area contributed by atoms with E-state index in [0.29, 0.717) is 23.2 Å². The van der Waals surface area contributed by atoms with Crippen molar-refractivity contribution >= 4 is 34.4 Å². The highest BCUT2D eigenvalue weighted by Gasteiger charge is 2.12. The molecule has 4 rings (SSSR count). The Hall–Kier alpha value is -3.52. The number of amides is 1. The Morgan fingerprint density at radius 3 is 2.76 bits per heavy atom. The smallest absolute Gasteiger partial charge is 0.251 e. The summed E-state index contributed by atoms with van der Waals surface area (Å²) in [5.41, 5.74) is 11.1. The molecule has 8 heteroatoms. The molecule has 4 aromatic rings. The van der Waals surface area contributed by atoms with Crippen molar-refractivity contribution in [1.29, 1.82) is 0 Å². The zero-order valence-electron chi connectivity index (χ0n) is 18.6. The second-order valence-electron chi connectivity index (χ2n) is 7.88. The molecule has 0 radical (unpaired) electrons. The lowest BCUT2D eigenvalue weighted by atomic mass is 10.0. The predicted octanol–water partition coefficient (Wildman–Crippen LogP) is 4.61. The minimum atomic E-state index is -0.596. The molecule has 6 nitrogen and oxygen atoms in total. The van der Waals surface area contributed by atoms with Crippen molar-refractivity contribution in [3.63, 3.8) is 0 Å². The molecule has 1 amide bonds. The number of pyridine rings is 3. The number of nitrogens with two attached hydrogens (primary N) is 1. The van der Waals surface area contributed by atoms with Crippen LogP contribution >= 0.6 is 11.8 Å². The molecular weight excluding hydrogens is 437 g/mol. The Balaban J connectivity index is 1.52. The van der Waals surface area contributed by atoms with Crippen LogP contribution in [-0.4, -0.2) is 27.1 Å². The summed E-state index contributed by atoms with van der Waals surface area (Å²) >= 11 is 1.66. The predicted molar refractivity (Wildman–Crippen MR) is 130 cm³/mol. The molecule has 0 aliphatic heterocycles. The normalized spacial score (nSPS) is 11.0. The standard InChI is InChI=1S/C25H24FN5OS/c1-14-6-18-7-16(9-22(33-3)23(18)29-12-14)8-20-10-17(4-5-28-20)25(32)30-13-19-11-21(26)24(27)31-15(19)2/h4-7,9-12H,8,13H2,1-3H3,(H2,27,31)(H,30,32). The van der Waals surface area contributed by atoms with Crippen LogP contribution in [0.4, 0.5) is 10.2 Å². The quantitative estimate of drug-likeness (QED) is 0.408. The molecule has 168 valence electrons. The van der Waals surface area contributed by atoms with Crippen LogP contribution in [0.5, 0.6) is 0 Å². The third kappa shape index (κ3) is 5.12. The highest BCUT2D eigenvalue weighted by molar-refractivity contribution is 7.98. The third-order valence-corrected chi connectivity index (χ3v) is 6.12. The van der Waals surface area contributed by atoms with Crippen LogP contribution in [0.15, 0.2) is 53.7 Å². The Morgan fingerprint density at radius 2 is 1.97 bits per heavy atom. The van der Waals surface area contributed by atoms with E-state index in [1.807, 2.05) is 19.4 Å². The fourth-order valence-electron chi connectivity index (χ4n) is 3.66. The fraction of sp³-hybridized carbons (Fsp3) is 0.200. The number of carbonyl (C=O) groups excluding carboxylic acids is 1. The summed E-state index contributed by atoms with van der Waals surface area (Å²) in [5.74, 6) is -1.01. The number of fused-ring (bicyclic) bond motifs is 1. The number of anilines is 1. The molecule has 0 aliphatic carbocycles. The third-order valence-electron chi connectivity index (χ3n) is 5.37. The molecule has 3 heterocycles. The van der Waals surface area contributed by atoms with Crippen LogP contribution in [-0.2, 0) is 13.0 Å². The van der Waals surface area contributed by atoms with Crippen LogP contribution < -0.4 is 11.1 Å². The van der Waals surface area contributed by atoms with Gasteiger partial charge in [0.05, 0.1) is 5.52 Å². The number of nitrogen functional groups attached to an aromatic ring is 1. The molecule has 3 N–H and O–H groups in total. The van der Waals surface area contributed by atoms with E-state index < -0.39 is 5.82 Å². The van der Waals surface area contributed by atoms with E-state index in [1.165, 1.54) is 6.07 Å². The van der Waals surface area contributed by atoms with Gasteiger partial charge in [0.1, 0.15) is 0 Å². The summed E-state index contributed by atoms with van der Waals surface area (Å²) in [6.45, 7) is 3.91. The van der Waals surface area contributed by atoms with Gasteiger partial charge in [0.2, 0.25) is 0 Å². The zero-order valence-corrected chi connectivity index (χ0v) is 19.5. The zero-order chi connectivity index (χ0) is 23.5. The molecule has 1 aromatic carbocycles. The second kappa shape index (κ2) is 9.54. The van der Waals surface area contributed by atoms with Crippen molar-refractivity contribution in [3.05, 3.63) is 88.3 Å². The van der Waals surface area contributed by atoms with Gasteiger partial charge in [-0.3, -0.25) is 14.8 Å². The van der Waals surface area contributed by atoms with Gasteiger partial charge in [-0.2, -0.15) is 0 Å². The van der Waals surface area contributed by atoms with Crippen molar-refractivity contribution in [2.45, 2.75) is 31.7 Å². The summed E-state index contributed by atoms with van der Waals surface area (Å²) in [4.78, 5) is 26.8. The number of aryl methyl sites for hydroxylation is 2. The van der Waals surface area contributed by atoms with Gasteiger partial charge in [0, 0.05) is 52.6 Å². The van der Waals surface area contributed by atoms with Crippen molar-refractivity contribution in [3.8, 4) is 0 Å². The number of nitrogens with one attached hydrogen (secondary N) is 1. The molecule has 0 atom stereocenters. The molecule has 0 saturated heterocycles. The largest absolute Gasteiger partial charge is 0.381 e. The van der Waals surface area contributed by atoms with E-state index in [2.05, 4.69) is 38.5 Å². The number of rotatable bonds is 6. The lowest BCUT2D eigenvalue weighted by Crippen LogP contribution is -2.24. The average Bonchev–Trinajstić information content (AvgIpc) is 2.79. The van der Waals surface area contributed by atoms with E-state index in [4.69, 9.17) is 5.73 Å². The maximum Gasteiger partial charge on any atom is 0.251 e. The van der Waals surface area contributed by atoms with Gasteiger partial charge < -0.3 is 11.1 Å². The van der Waals surface area contributed by atoms with Gasteiger partial charge in [0.25, 0.3) is 5.91 Å². The maximum atomic E-state index is 13.7. The molecule has 0 unspecified atom stereocenters. The summed E-state index contributed by atoms with van der Waals surface area (Å²) < 4.78 is 13.7. The molecule has 0 fully saturated rings. The summed E-state index contributed by atoms with van der Waals surface area (Å²) in [5, 5.41) is 3.91. The van der Waals surface area contributed by atoms with Crippen molar-refractivity contribution in [2.24, 2.45) is 0 Å². The molecule has 0 aliphatic rings. The number of hydrogen-bond acceptors (Lipinski definition) is 6. The average molecular weight is 462 g/mol. The van der Waals surface area contributed by atoms with E-state index in [1.54, 1.807) is 37.0 Å². The van der Waals surface area contributed by atoms with Gasteiger partial charge in [-0.25, -0.2) is 9.37 Å². The van der Waals surface area contributed by atoms with Gasteiger partial charge in [-0.1, -0.05) is 0 Å². The number of nitrogens with zero attached hydrogens (tertiary/aromatic N) is 3. The van der Waals surface area contributed by atoms with Crippen LogP contribution in [0, 0.1) is 19.7 Å². The Morgan fingerprint density at radius 1 is 1.15 bits per heavy atom.